The van der Waals surface area contributed by atoms with Crippen molar-refractivity contribution in [2.75, 3.05) is 13.1 Å². The van der Waals surface area contributed by atoms with Crippen LogP contribution in [0.4, 0.5) is 4.79 Å². The van der Waals surface area contributed by atoms with E-state index in [4.69, 9.17) is 4.74 Å². The van der Waals surface area contributed by atoms with Gasteiger partial charge in [0.2, 0.25) is 0 Å². The van der Waals surface area contributed by atoms with E-state index in [1.807, 2.05) is 35.2 Å². The summed E-state index contributed by atoms with van der Waals surface area (Å²) in [6, 6.07) is 10.6. The van der Waals surface area contributed by atoms with E-state index in [2.05, 4.69) is 5.32 Å². The maximum Gasteiger partial charge on any atom is 0.410 e. The maximum absolute atomic E-state index is 12.0. The van der Waals surface area contributed by atoms with Crippen molar-refractivity contribution in [3.05, 3.63) is 35.9 Å². The van der Waals surface area contributed by atoms with E-state index in [0.29, 0.717) is 18.7 Å². The van der Waals surface area contributed by atoms with Crippen molar-refractivity contribution in [3.8, 4) is 0 Å². The number of carbonyl (C=O) groups is 1. The van der Waals surface area contributed by atoms with Crippen LogP contribution < -0.4 is 5.32 Å². The summed E-state index contributed by atoms with van der Waals surface area (Å²) in [5.74, 6) is 0. The molecule has 1 amide bonds. The van der Waals surface area contributed by atoms with E-state index in [9.17, 15) is 4.79 Å². The van der Waals surface area contributed by atoms with Crippen molar-refractivity contribution in [2.45, 2.75) is 31.5 Å². The lowest BCUT2D eigenvalue weighted by atomic mass is 9.94. The number of piperidine rings is 2. The van der Waals surface area contributed by atoms with Gasteiger partial charge in [-0.1, -0.05) is 30.3 Å². The number of ether oxygens (including phenoxy) is 1. The minimum Gasteiger partial charge on any atom is -0.445 e. The molecule has 1 N–H and O–H groups in total. The lowest BCUT2D eigenvalue weighted by Gasteiger charge is -2.45. The van der Waals surface area contributed by atoms with E-state index in [1.54, 1.807) is 0 Å². The fourth-order valence-electron chi connectivity index (χ4n) is 2.73. The SMILES string of the molecule is O=C(OCc1ccccc1)N1C[C@H]2CC[C@@H]1CN2. The Morgan fingerprint density at radius 3 is 2.78 bits per heavy atom. The van der Waals surface area contributed by atoms with Crippen molar-refractivity contribution in [1.29, 1.82) is 0 Å². The number of rotatable bonds is 2. The summed E-state index contributed by atoms with van der Waals surface area (Å²) in [4.78, 5) is 13.9. The highest BCUT2D eigenvalue weighted by Crippen LogP contribution is 2.23. The second kappa shape index (κ2) is 4.98. The fourth-order valence-corrected chi connectivity index (χ4v) is 2.73. The third kappa shape index (κ3) is 2.34. The first kappa shape index (κ1) is 11.5. The first-order valence-corrected chi connectivity index (χ1v) is 6.53. The van der Waals surface area contributed by atoms with E-state index >= 15 is 0 Å². The molecule has 0 aliphatic carbocycles. The number of benzene rings is 1. The number of hydrogen-bond acceptors (Lipinski definition) is 3. The molecule has 3 aliphatic heterocycles. The van der Waals surface area contributed by atoms with Crippen LogP contribution in [0.15, 0.2) is 30.3 Å². The van der Waals surface area contributed by atoms with Crippen LogP contribution in [0.5, 0.6) is 0 Å². The molecule has 3 fully saturated rings. The van der Waals surface area contributed by atoms with Gasteiger partial charge < -0.3 is 15.0 Å². The predicted molar refractivity (Wildman–Crippen MR) is 68.1 cm³/mol. The minimum absolute atomic E-state index is 0.171. The van der Waals surface area contributed by atoms with Crippen LogP contribution in [0.3, 0.4) is 0 Å². The van der Waals surface area contributed by atoms with Gasteiger partial charge in [-0.25, -0.2) is 4.79 Å². The summed E-state index contributed by atoms with van der Waals surface area (Å²) in [5, 5.41) is 3.43. The Bertz CT molecular complexity index is 413. The number of piperazine rings is 1. The molecule has 3 saturated heterocycles. The van der Waals surface area contributed by atoms with Gasteiger partial charge in [-0.15, -0.1) is 0 Å². The molecule has 4 heteroatoms. The molecule has 1 aromatic carbocycles. The third-order valence-electron chi connectivity index (χ3n) is 3.79. The number of amides is 1. The van der Waals surface area contributed by atoms with Crippen LogP contribution in [0.25, 0.3) is 0 Å². The lowest BCUT2D eigenvalue weighted by Crippen LogP contribution is -2.62. The zero-order valence-corrected chi connectivity index (χ0v) is 10.3. The van der Waals surface area contributed by atoms with Gasteiger partial charge in [-0.2, -0.15) is 0 Å². The van der Waals surface area contributed by atoms with Crippen LogP contribution in [-0.2, 0) is 11.3 Å². The van der Waals surface area contributed by atoms with Crippen molar-refractivity contribution in [1.82, 2.24) is 10.2 Å². The number of nitrogens with zero attached hydrogens (tertiary/aromatic N) is 1. The summed E-state index contributed by atoms with van der Waals surface area (Å²) in [6.07, 6.45) is 2.10. The monoisotopic (exact) mass is 246 g/mol. The average Bonchev–Trinajstić information content (AvgIpc) is 2.47. The second-order valence-electron chi connectivity index (χ2n) is 5.03. The van der Waals surface area contributed by atoms with Crippen molar-refractivity contribution in [3.63, 3.8) is 0 Å². The summed E-state index contributed by atoms with van der Waals surface area (Å²) in [5.41, 5.74) is 1.03. The van der Waals surface area contributed by atoms with Gasteiger partial charge in [0.1, 0.15) is 6.61 Å². The highest BCUT2D eigenvalue weighted by atomic mass is 16.6. The van der Waals surface area contributed by atoms with Gasteiger partial charge >= 0.3 is 6.09 Å². The smallest absolute Gasteiger partial charge is 0.410 e. The molecule has 0 radical (unpaired) electrons. The number of hydrogen-bond donors (Lipinski definition) is 1. The minimum atomic E-state index is -0.171. The molecule has 0 spiro atoms. The summed E-state index contributed by atoms with van der Waals surface area (Å²) in [6.45, 7) is 2.06. The predicted octanol–water partition coefficient (Wildman–Crippen LogP) is 1.76. The number of carbonyl (C=O) groups excluding carboxylic acids is 1. The van der Waals surface area contributed by atoms with Gasteiger partial charge in [-0.05, 0) is 18.4 Å². The highest BCUT2D eigenvalue weighted by molar-refractivity contribution is 5.68. The molecular formula is C14H18N2O2. The van der Waals surface area contributed by atoms with Gasteiger partial charge in [0.05, 0.1) is 0 Å². The van der Waals surface area contributed by atoms with Crippen LogP contribution in [-0.4, -0.2) is 36.2 Å². The second-order valence-corrected chi connectivity index (χ2v) is 5.03. The van der Waals surface area contributed by atoms with E-state index < -0.39 is 0 Å². The van der Waals surface area contributed by atoms with Crippen LogP contribution in [0, 0.1) is 0 Å². The Balaban J connectivity index is 1.56. The molecule has 3 heterocycles. The maximum atomic E-state index is 12.0. The zero-order chi connectivity index (χ0) is 12.4. The third-order valence-corrected chi connectivity index (χ3v) is 3.79. The molecule has 2 bridgehead atoms. The van der Waals surface area contributed by atoms with Crippen molar-refractivity contribution >= 4 is 6.09 Å². The lowest BCUT2D eigenvalue weighted by molar-refractivity contribution is 0.0408. The van der Waals surface area contributed by atoms with E-state index in [0.717, 1.165) is 25.1 Å². The summed E-state index contributed by atoms with van der Waals surface area (Å²) < 4.78 is 5.38. The topological polar surface area (TPSA) is 41.6 Å². The zero-order valence-electron chi connectivity index (χ0n) is 10.3. The summed E-state index contributed by atoms with van der Waals surface area (Å²) in [7, 11) is 0. The fraction of sp³-hybridized carbons (Fsp3) is 0.500. The Hall–Kier alpha value is -1.55. The van der Waals surface area contributed by atoms with Crippen LogP contribution in [0.2, 0.25) is 0 Å². The van der Waals surface area contributed by atoms with Gasteiger partial charge in [0.25, 0.3) is 0 Å². The van der Waals surface area contributed by atoms with E-state index in [-0.39, 0.29) is 6.09 Å². The average molecular weight is 246 g/mol. The first-order chi connectivity index (χ1) is 8.83. The normalized spacial score (nSPS) is 26.1. The quantitative estimate of drug-likeness (QED) is 0.864. The molecule has 0 aromatic heterocycles. The Kier molecular flexibility index (Phi) is 3.19. The van der Waals surface area contributed by atoms with Gasteiger partial charge in [-0.3, -0.25) is 0 Å². The standard InChI is InChI=1S/C14H18N2O2/c17-14(18-10-11-4-2-1-3-5-11)16-9-12-6-7-13(16)8-15-12/h1-5,12-13,15H,6-10H2/t12-,13-/m1/s1. The van der Waals surface area contributed by atoms with Crippen molar-refractivity contribution < 1.29 is 9.53 Å². The summed E-state index contributed by atoms with van der Waals surface area (Å²) >= 11 is 0. The molecule has 2 atom stereocenters. The number of fused-ring (bicyclic) bond motifs is 3. The molecular weight excluding hydrogens is 228 g/mol. The molecule has 4 rings (SSSR count). The largest absolute Gasteiger partial charge is 0.445 e. The Morgan fingerprint density at radius 2 is 2.17 bits per heavy atom. The molecule has 1 aromatic rings. The highest BCUT2D eigenvalue weighted by Gasteiger charge is 2.36. The first-order valence-electron chi connectivity index (χ1n) is 6.53. The molecule has 18 heavy (non-hydrogen) atoms. The Morgan fingerprint density at radius 1 is 1.33 bits per heavy atom. The van der Waals surface area contributed by atoms with Crippen molar-refractivity contribution in [2.24, 2.45) is 0 Å². The molecule has 4 nitrogen and oxygen atoms in total. The molecule has 0 unspecified atom stereocenters. The van der Waals surface area contributed by atoms with Gasteiger partial charge in [0, 0.05) is 25.2 Å². The van der Waals surface area contributed by atoms with Crippen LogP contribution >= 0.6 is 0 Å². The van der Waals surface area contributed by atoms with E-state index in [1.165, 1.54) is 6.42 Å². The Labute approximate surface area is 107 Å². The van der Waals surface area contributed by atoms with Gasteiger partial charge in [0.15, 0.2) is 0 Å². The molecule has 0 saturated carbocycles. The van der Waals surface area contributed by atoms with Crippen LogP contribution in [0.1, 0.15) is 18.4 Å². The molecule has 96 valence electrons. The number of nitrogens with one attached hydrogen (secondary N) is 1. The molecule has 3 aliphatic rings.